The van der Waals surface area contributed by atoms with Crippen LogP contribution in [0.25, 0.3) is 0 Å². The smallest absolute Gasteiger partial charge is 0.173 e. The number of aryl methyl sites for hydroxylation is 2. The number of H-pyrrole nitrogens is 1. The molecule has 2 aromatic heterocycles. The molecule has 0 spiro atoms. The van der Waals surface area contributed by atoms with Crippen molar-refractivity contribution in [2.45, 2.75) is 45.6 Å². The van der Waals surface area contributed by atoms with E-state index >= 15 is 0 Å². The molecule has 0 radical (unpaired) electrons. The van der Waals surface area contributed by atoms with Crippen LogP contribution in [0.2, 0.25) is 0 Å². The van der Waals surface area contributed by atoms with Crippen molar-refractivity contribution < 1.29 is 0 Å². The molecule has 0 amide bonds. The van der Waals surface area contributed by atoms with E-state index in [4.69, 9.17) is 0 Å². The highest BCUT2D eigenvalue weighted by Gasteiger charge is 2.18. The maximum Gasteiger partial charge on any atom is 0.173 e. The molecule has 0 aliphatic heterocycles. The Morgan fingerprint density at radius 3 is 2.61 bits per heavy atom. The van der Waals surface area contributed by atoms with E-state index in [1.807, 2.05) is 18.5 Å². The van der Waals surface area contributed by atoms with Crippen molar-refractivity contribution in [3.05, 3.63) is 65.8 Å². The van der Waals surface area contributed by atoms with Crippen LogP contribution in [0.15, 0.2) is 42.7 Å². The molecule has 0 aliphatic rings. The minimum Gasteiger partial charge on any atom is -0.324 e. The second kappa shape index (κ2) is 6.77. The first-order valence-corrected chi connectivity index (χ1v) is 8.13. The molecular weight excluding hydrogens is 286 g/mol. The second-order valence-corrected chi connectivity index (χ2v) is 6.15. The molecule has 3 rings (SSSR count). The third-order valence-electron chi connectivity index (χ3n) is 4.05. The quantitative estimate of drug-likeness (QED) is 0.758. The molecule has 0 bridgehead atoms. The van der Waals surface area contributed by atoms with Gasteiger partial charge in [-0.2, -0.15) is 5.10 Å². The summed E-state index contributed by atoms with van der Waals surface area (Å²) in [5, 5.41) is 7.47. The van der Waals surface area contributed by atoms with Gasteiger partial charge >= 0.3 is 0 Å². The number of rotatable bonds is 6. The van der Waals surface area contributed by atoms with Crippen LogP contribution in [0.5, 0.6) is 0 Å². The second-order valence-electron chi connectivity index (χ2n) is 6.15. The van der Waals surface area contributed by atoms with Gasteiger partial charge in [0.2, 0.25) is 0 Å². The Morgan fingerprint density at radius 2 is 1.87 bits per heavy atom. The summed E-state index contributed by atoms with van der Waals surface area (Å²) in [6, 6.07) is 10.5. The largest absolute Gasteiger partial charge is 0.324 e. The number of aromatic amines is 1. The number of aromatic nitrogens is 5. The molecule has 23 heavy (non-hydrogen) atoms. The molecule has 0 aliphatic carbocycles. The Hall–Kier alpha value is -2.43. The Labute approximate surface area is 136 Å². The minimum atomic E-state index is 0.0802. The van der Waals surface area contributed by atoms with Crippen molar-refractivity contribution in [1.82, 2.24) is 24.7 Å². The lowest BCUT2D eigenvalue weighted by Gasteiger charge is -2.15. The fourth-order valence-electron chi connectivity index (χ4n) is 2.74. The van der Waals surface area contributed by atoms with Gasteiger partial charge < -0.3 is 4.57 Å². The number of imidazole rings is 1. The summed E-state index contributed by atoms with van der Waals surface area (Å²) in [6.45, 7) is 6.40. The Morgan fingerprint density at radius 1 is 1.09 bits per heavy atom. The van der Waals surface area contributed by atoms with E-state index in [9.17, 15) is 0 Å². The highest BCUT2D eigenvalue weighted by atomic mass is 15.2. The molecule has 2 heterocycles. The van der Waals surface area contributed by atoms with Crippen LogP contribution in [0.3, 0.4) is 0 Å². The van der Waals surface area contributed by atoms with Crippen LogP contribution >= 0.6 is 0 Å². The van der Waals surface area contributed by atoms with Crippen molar-refractivity contribution in [1.29, 1.82) is 0 Å². The lowest BCUT2D eigenvalue weighted by molar-refractivity contribution is 0.553. The predicted molar refractivity (Wildman–Crippen MR) is 90.4 cm³/mol. The lowest BCUT2D eigenvalue weighted by atomic mass is 10.1. The molecule has 0 saturated heterocycles. The predicted octanol–water partition coefficient (Wildman–Crippen LogP) is 3.52. The first-order chi connectivity index (χ1) is 11.1. The SMILES string of the molecule is CC(C)c1nccn1[C@H](C)c1n[nH]c(CCc2ccccc2)n1. The van der Waals surface area contributed by atoms with Crippen molar-refractivity contribution in [3.8, 4) is 0 Å². The number of benzene rings is 1. The molecule has 5 heteroatoms. The topological polar surface area (TPSA) is 59.4 Å². The van der Waals surface area contributed by atoms with Crippen molar-refractivity contribution in [2.75, 3.05) is 0 Å². The number of hydrogen-bond acceptors (Lipinski definition) is 3. The molecule has 0 fully saturated rings. The van der Waals surface area contributed by atoms with Crippen LogP contribution in [-0.2, 0) is 12.8 Å². The van der Waals surface area contributed by atoms with Crippen LogP contribution < -0.4 is 0 Å². The van der Waals surface area contributed by atoms with Crippen molar-refractivity contribution >= 4 is 0 Å². The molecule has 1 atom stereocenters. The maximum absolute atomic E-state index is 4.67. The fraction of sp³-hybridized carbons (Fsp3) is 0.389. The minimum absolute atomic E-state index is 0.0802. The highest BCUT2D eigenvalue weighted by molar-refractivity contribution is 5.15. The van der Waals surface area contributed by atoms with E-state index in [0.29, 0.717) is 5.92 Å². The van der Waals surface area contributed by atoms with Crippen LogP contribution in [-0.4, -0.2) is 24.7 Å². The van der Waals surface area contributed by atoms with Gasteiger partial charge in [-0.3, -0.25) is 5.10 Å². The zero-order valence-corrected chi connectivity index (χ0v) is 13.9. The van der Waals surface area contributed by atoms with Crippen molar-refractivity contribution in [2.24, 2.45) is 0 Å². The Balaban J connectivity index is 1.70. The van der Waals surface area contributed by atoms with Gasteiger partial charge in [0.05, 0.1) is 6.04 Å². The number of nitrogens with zero attached hydrogens (tertiary/aromatic N) is 4. The Bertz CT molecular complexity index is 742. The van der Waals surface area contributed by atoms with Gasteiger partial charge in [-0.15, -0.1) is 0 Å². The zero-order chi connectivity index (χ0) is 16.2. The van der Waals surface area contributed by atoms with Gasteiger partial charge in [0, 0.05) is 24.7 Å². The molecule has 0 saturated carbocycles. The maximum atomic E-state index is 4.67. The summed E-state index contributed by atoms with van der Waals surface area (Å²) >= 11 is 0. The summed E-state index contributed by atoms with van der Waals surface area (Å²) in [6.07, 6.45) is 5.67. The van der Waals surface area contributed by atoms with E-state index in [1.165, 1.54) is 5.56 Å². The van der Waals surface area contributed by atoms with Gasteiger partial charge in [0.15, 0.2) is 5.82 Å². The van der Waals surface area contributed by atoms with Gasteiger partial charge in [0.1, 0.15) is 11.6 Å². The summed E-state index contributed by atoms with van der Waals surface area (Å²) < 4.78 is 2.15. The molecule has 1 aromatic carbocycles. The highest BCUT2D eigenvalue weighted by Crippen LogP contribution is 2.20. The standard InChI is InChI=1S/C18H23N5/c1-13(2)18-19-11-12-23(18)14(3)17-20-16(21-22-17)10-9-15-7-5-4-6-8-15/h4-8,11-14H,9-10H2,1-3H3,(H,20,21,22)/t14-/m1/s1. The fourth-order valence-corrected chi connectivity index (χ4v) is 2.74. The van der Waals surface area contributed by atoms with Crippen molar-refractivity contribution in [3.63, 3.8) is 0 Å². The monoisotopic (exact) mass is 309 g/mol. The van der Waals surface area contributed by atoms with E-state index in [1.54, 1.807) is 0 Å². The molecule has 1 N–H and O–H groups in total. The molecular formula is C18H23N5. The Kier molecular flexibility index (Phi) is 4.55. The molecule has 5 nitrogen and oxygen atoms in total. The first-order valence-electron chi connectivity index (χ1n) is 8.13. The first kappa shape index (κ1) is 15.5. The van der Waals surface area contributed by atoms with Crippen LogP contribution in [0.1, 0.15) is 55.8 Å². The normalized spacial score (nSPS) is 12.7. The van der Waals surface area contributed by atoms with E-state index < -0.39 is 0 Å². The van der Waals surface area contributed by atoms with E-state index in [0.717, 1.165) is 30.3 Å². The lowest BCUT2D eigenvalue weighted by Crippen LogP contribution is -2.12. The summed E-state index contributed by atoms with van der Waals surface area (Å²) in [7, 11) is 0. The third kappa shape index (κ3) is 3.50. The molecule has 0 unspecified atom stereocenters. The van der Waals surface area contributed by atoms with E-state index in [-0.39, 0.29) is 6.04 Å². The van der Waals surface area contributed by atoms with E-state index in [2.05, 4.69) is 69.8 Å². The summed E-state index contributed by atoms with van der Waals surface area (Å²) in [5.74, 6) is 3.19. The van der Waals surface area contributed by atoms with Gasteiger partial charge in [0.25, 0.3) is 0 Å². The zero-order valence-electron chi connectivity index (χ0n) is 13.9. The average molecular weight is 309 g/mol. The number of hydrogen-bond donors (Lipinski definition) is 1. The summed E-state index contributed by atoms with van der Waals surface area (Å²) in [4.78, 5) is 9.11. The summed E-state index contributed by atoms with van der Waals surface area (Å²) in [5.41, 5.74) is 1.32. The number of nitrogens with one attached hydrogen (secondary N) is 1. The van der Waals surface area contributed by atoms with Gasteiger partial charge in [-0.25, -0.2) is 9.97 Å². The molecule has 120 valence electrons. The third-order valence-corrected chi connectivity index (χ3v) is 4.05. The van der Waals surface area contributed by atoms with Gasteiger partial charge in [-0.1, -0.05) is 44.2 Å². The van der Waals surface area contributed by atoms with Crippen LogP contribution in [0.4, 0.5) is 0 Å². The van der Waals surface area contributed by atoms with Crippen LogP contribution in [0, 0.1) is 0 Å². The van der Waals surface area contributed by atoms with Gasteiger partial charge in [-0.05, 0) is 18.9 Å². The average Bonchev–Trinajstić information content (AvgIpc) is 3.22. The molecule has 3 aromatic rings.